The van der Waals surface area contributed by atoms with Gasteiger partial charge in [-0.05, 0) is 39.2 Å². The zero-order chi connectivity index (χ0) is 13.3. The Morgan fingerprint density at radius 1 is 1.30 bits per heavy atom. The van der Waals surface area contributed by atoms with Crippen LogP contribution in [0.5, 0.6) is 0 Å². The largest absolute Gasteiger partial charge is 0.374 e. The summed E-state index contributed by atoms with van der Waals surface area (Å²) < 4.78 is 5.87. The number of morpholine rings is 1. The molecule has 3 fully saturated rings. The van der Waals surface area contributed by atoms with E-state index >= 15 is 0 Å². The highest BCUT2D eigenvalue weighted by Crippen LogP contribution is 2.34. The second-order valence-corrected chi connectivity index (χ2v) is 6.60. The molecule has 0 bridgehead atoms. The standard InChI is InChI=1S/C15H26N2O2.ClH/c1-15(7-4-8-16-11-15)14(18)17-9-10-19-13-6-3-2-5-12(13)17;/h12-13,16H,2-11H2,1H3;1H. The predicted octanol–water partition coefficient (Wildman–Crippen LogP) is 1.97. The van der Waals surface area contributed by atoms with E-state index in [1.54, 1.807) is 0 Å². The topological polar surface area (TPSA) is 41.6 Å². The van der Waals surface area contributed by atoms with Gasteiger partial charge in [0.15, 0.2) is 0 Å². The summed E-state index contributed by atoms with van der Waals surface area (Å²) in [6.45, 7) is 5.53. The Balaban J connectivity index is 0.00000147. The molecule has 1 aliphatic carbocycles. The van der Waals surface area contributed by atoms with E-state index < -0.39 is 0 Å². The molecule has 2 aliphatic heterocycles. The molecular formula is C15H27ClN2O2. The number of hydrogen-bond acceptors (Lipinski definition) is 3. The van der Waals surface area contributed by atoms with Crippen LogP contribution in [0.2, 0.25) is 0 Å². The summed E-state index contributed by atoms with van der Waals surface area (Å²) >= 11 is 0. The van der Waals surface area contributed by atoms with Crippen molar-refractivity contribution in [3.63, 3.8) is 0 Å². The Bertz CT molecular complexity index is 343. The molecule has 0 aromatic rings. The summed E-state index contributed by atoms with van der Waals surface area (Å²) in [4.78, 5) is 15.1. The minimum absolute atomic E-state index is 0. The monoisotopic (exact) mass is 302 g/mol. The fourth-order valence-corrected chi connectivity index (χ4v) is 3.93. The van der Waals surface area contributed by atoms with Crippen molar-refractivity contribution in [3.05, 3.63) is 0 Å². The predicted molar refractivity (Wildman–Crippen MR) is 81.2 cm³/mol. The quantitative estimate of drug-likeness (QED) is 0.805. The van der Waals surface area contributed by atoms with Gasteiger partial charge < -0.3 is 15.0 Å². The lowest BCUT2D eigenvalue weighted by molar-refractivity contribution is -0.160. The molecule has 2 saturated heterocycles. The van der Waals surface area contributed by atoms with Crippen molar-refractivity contribution >= 4 is 18.3 Å². The van der Waals surface area contributed by atoms with E-state index in [4.69, 9.17) is 4.74 Å². The molecule has 0 aromatic carbocycles. The van der Waals surface area contributed by atoms with Crippen molar-refractivity contribution in [1.29, 1.82) is 0 Å². The van der Waals surface area contributed by atoms with Gasteiger partial charge >= 0.3 is 0 Å². The first-order valence-corrected chi connectivity index (χ1v) is 7.84. The Hall–Kier alpha value is -0.320. The molecule has 0 radical (unpaired) electrons. The minimum Gasteiger partial charge on any atom is -0.374 e. The molecule has 3 unspecified atom stereocenters. The van der Waals surface area contributed by atoms with Gasteiger partial charge in [-0.1, -0.05) is 12.8 Å². The van der Waals surface area contributed by atoms with Crippen LogP contribution in [0.4, 0.5) is 0 Å². The average Bonchev–Trinajstić information content (AvgIpc) is 2.47. The second kappa shape index (κ2) is 6.63. The van der Waals surface area contributed by atoms with Crippen LogP contribution in [0.15, 0.2) is 0 Å². The van der Waals surface area contributed by atoms with Gasteiger partial charge in [0.25, 0.3) is 0 Å². The van der Waals surface area contributed by atoms with Crippen LogP contribution in [-0.2, 0) is 9.53 Å². The van der Waals surface area contributed by atoms with Crippen LogP contribution in [0.1, 0.15) is 45.4 Å². The van der Waals surface area contributed by atoms with Crippen molar-refractivity contribution in [3.8, 4) is 0 Å². The molecule has 0 aromatic heterocycles. The normalized spacial score (nSPS) is 37.8. The third kappa shape index (κ3) is 2.97. The third-order valence-electron chi connectivity index (χ3n) is 5.11. The highest BCUT2D eigenvalue weighted by Gasteiger charge is 2.43. The molecule has 3 aliphatic rings. The van der Waals surface area contributed by atoms with Gasteiger partial charge in [-0.3, -0.25) is 4.79 Å². The molecule has 20 heavy (non-hydrogen) atoms. The van der Waals surface area contributed by atoms with Gasteiger partial charge in [-0.2, -0.15) is 0 Å². The number of rotatable bonds is 1. The average molecular weight is 303 g/mol. The molecule has 1 saturated carbocycles. The zero-order valence-corrected chi connectivity index (χ0v) is 13.2. The van der Waals surface area contributed by atoms with Gasteiger partial charge in [-0.15, -0.1) is 12.4 Å². The highest BCUT2D eigenvalue weighted by atomic mass is 35.5. The van der Waals surface area contributed by atoms with Crippen molar-refractivity contribution in [2.75, 3.05) is 26.2 Å². The summed E-state index contributed by atoms with van der Waals surface area (Å²) in [5.41, 5.74) is -0.197. The van der Waals surface area contributed by atoms with Gasteiger partial charge in [0.2, 0.25) is 5.91 Å². The molecule has 4 nitrogen and oxygen atoms in total. The molecule has 5 heteroatoms. The van der Waals surface area contributed by atoms with Crippen LogP contribution in [0.25, 0.3) is 0 Å². The molecule has 3 atom stereocenters. The minimum atomic E-state index is -0.197. The Kier molecular flexibility index (Phi) is 5.32. The summed E-state index contributed by atoms with van der Waals surface area (Å²) in [6, 6.07) is 0.341. The summed E-state index contributed by atoms with van der Waals surface area (Å²) in [6.07, 6.45) is 7.18. The molecular weight excluding hydrogens is 276 g/mol. The van der Waals surface area contributed by atoms with E-state index in [-0.39, 0.29) is 17.8 Å². The molecule has 3 rings (SSSR count). The third-order valence-corrected chi connectivity index (χ3v) is 5.11. The number of hydrogen-bond donors (Lipinski definition) is 1. The lowest BCUT2D eigenvalue weighted by Crippen LogP contribution is -2.60. The number of halogens is 1. The maximum atomic E-state index is 13.0. The van der Waals surface area contributed by atoms with Gasteiger partial charge in [0.05, 0.1) is 24.2 Å². The van der Waals surface area contributed by atoms with Crippen LogP contribution in [-0.4, -0.2) is 49.2 Å². The molecule has 1 amide bonds. The van der Waals surface area contributed by atoms with Gasteiger partial charge in [0, 0.05) is 13.1 Å². The number of nitrogens with zero attached hydrogens (tertiary/aromatic N) is 1. The van der Waals surface area contributed by atoms with Crippen LogP contribution >= 0.6 is 12.4 Å². The summed E-state index contributed by atoms with van der Waals surface area (Å²) in [5.74, 6) is 0.361. The van der Waals surface area contributed by atoms with E-state index in [9.17, 15) is 4.79 Å². The Labute approximate surface area is 128 Å². The Morgan fingerprint density at radius 2 is 2.10 bits per heavy atom. The summed E-state index contributed by atoms with van der Waals surface area (Å²) in [5, 5.41) is 3.39. The number of carbonyl (C=O) groups is 1. The first-order valence-electron chi connectivity index (χ1n) is 7.84. The molecule has 0 spiro atoms. The fraction of sp³-hybridized carbons (Fsp3) is 0.933. The van der Waals surface area contributed by atoms with E-state index in [0.717, 1.165) is 51.9 Å². The maximum Gasteiger partial charge on any atom is 0.230 e. The van der Waals surface area contributed by atoms with Gasteiger partial charge in [0.1, 0.15) is 0 Å². The summed E-state index contributed by atoms with van der Waals surface area (Å²) in [7, 11) is 0. The van der Waals surface area contributed by atoms with Gasteiger partial charge in [-0.25, -0.2) is 0 Å². The van der Waals surface area contributed by atoms with Crippen LogP contribution in [0, 0.1) is 5.41 Å². The first kappa shape index (κ1) is 16.1. The number of carbonyl (C=O) groups excluding carboxylic acids is 1. The van der Waals surface area contributed by atoms with E-state index in [2.05, 4.69) is 17.1 Å². The number of nitrogens with one attached hydrogen (secondary N) is 1. The molecule has 116 valence electrons. The lowest BCUT2D eigenvalue weighted by atomic mass is 9.80. The number of fused-ring (bicyclic) bond motifs is 1. The maximum absolute atomic E-state index is 13.0. The Morgan fingerprint density at radius 3 is 2.85 bits per heavy atom. The molecule has 2 heterocycles. The second-order valence-electron chi connectivity index (χ2n) is 6.60. The smallest absolute Gasteiger partial charge is 0.230 e. The number of ether oxygens (including phenoxy) is 1. The van der Waals surface area contributed by atoms with Crippen LogP contribution < -0.4 is 5.32 Å². The van der Waals surface area contributed by atoms with E-state index in [1.807, 2.05) is 0 Å². The van der Waals surface area contributed by atoms with Crippen molar-refractivity contribution in [2.24, 2.45) is 5.41 Å². The lowest BCUT2D eigenvalue weighted by Gasteiger charge is -2.47. The van der Waals surface area contributed by atoms with Crippen molar-refractivity contribution in [2.45, 2.75) is 57.6 Å². The van der Waals surface area contributed by atoms with Crippen molar-refractivity contribution < 1.29 is 9.53 Å². The van der Waals surface area contributed by atoms with E-state index in [0.29, 0.717) is 18.1 Å². The fourth-order valence-electron chi connectivity index (χ4n) is 3.93. The first-order chi connectivity index (χ1) is 9.21. The SMILES string of the molecule is CC1(C(=O)N2CCOC3CCCCC32)CCCNC1.Cl. The zero-order valence-electron chi connectivity index (χ0n) is 12.4. The highest BCUT2D eigenvalue weighted by molar-refractivity contribution is 5.85. The number of amides is 1. The number of piperidine rings is 1. The van der Waals surface area contributed by atoms with Crippen molar-refractivity contribution in [1.82, 2.24) is 10.2 Å². The van der Waals surface area contributed by atoms with E-state index in [1.165, 1.54) is 12.8 Å². The molecule has 1 N–H and O–H groups in total. The van der Waals surface area contributed by atoms with Crippen LogP contribution in [0.3, 0.4) is 0 Å².